The zero-order chi connectivity index (χ0) is 19.9. The molecule has 9 heteroatoms. The van der Waals surface area contributed by atoms with Gasteiger partial charge in [-0.15, -0.1) is 0 Å². The third kappa shape index (κ3) is 3.28. The molecule has 146 valence electrons. The summed E-state index contributed by atoms with van der Waals surface area (Å²) >= 11 is 0. The summed E-state index contributed by atoms with van der Waals surface area (Å²) in [4.78, 5) is 24.1. The van der Waals surface area contributed by atoms with Crippen molar-refractivity contribution in [3.05, 3.63) is 58.8 Å². The summed E-state index contributed by atoms with van der Waals surface area (Å²) in [5, 5.41) is 0.538. The molecule has 0 aliphatic carbocycles. The molecule has 0 N–H and O–H groups in total. The van der Waals surface area contributed by atoms with E-state index in [4.69, 9.17) is 0 Å². The molecule has 3 aromatic rings. The number of benzene rings is 1. The molecule has 1 fully saturated rings. The highest BCUT2D eigenvalue weighted by Crippen LogP contribution is 2.35. The number of aryl methyl sites for hydroxylation is 1. The summed E-state index contributed by atoms with van der Waals surface area (Å²) in [6.45, 7) is 1.93. The number of hydrogen-bond acceptors (Lipinski definition) is 5. The van der Waals surface area contributed by atoms with E-state index in [0.717, 1.165) is 11.8 Å². The van der Waals surface area contributed by atoms with E-state index >= 15 is 0 Å². The highest BCUT2D eigenvalue weighted by molar-refractivity contribution is 5.81. The van der Waals surface area contributed by atoms with Crippen molar-refractivity contribution in [3.8, 4) is 0 Å². The summed E-state index contributed by atoms with van der Waals surface area (Å²) in [5.41, 5.74) is 0.669. The van der Waals surface area contributed by atoms with Gasteiger partial charge < -0.3 is 14.4 Å². The van der Waals surface area contributed by atoms with Gasteiger partial charge in [0.05, 0.1) is 22.8 Å². The average Bonchev–Trinajstić information content (AvgIpc) is 2.70. The van der Waals surface area contributed by atoms with E-state index in [-0.39, 0.29) is 11.4 Å². The Morgan fingerprint density at radius 1 is 1.00 bits per heavy atom. The van der Waals surface area contributed by atoms with Crippen molar-refractivity contribution in [1.29, 1.82) is 0 Å². The fourth-order valence-electron chi connectivity index (χ4n) is 3.44. The molecule has 0 saturated carbocycles. The summed E-state index contributed by atoms with van der Waals surface area (Å²) in [6.07, 6.45) is -1.57. The number of nitrogens with zero attached hydrogens (tertiary/aromatic N) is 5. The molecule has 0 amide bonds. The highest BCUT2D eigenvalue weighted by Gasteiger charge is 2.36. The minimum absolute atomic E-state index is 0.0293. The smallest absolute Gasteiger partial charge is 0.368 e. The van der Waals surface area contributed by atoms with Crippen LogP contribution in [-0.4, -0.2) is 40.7 Å². The van der Waals surface area contributed by atoms with Gasteiger partial charge in [-0.05, 0) is 30.3 Å². The molecule has 0 spiro atoms. The third-order valence-corrected chi connectivity index (χ3v) is 4.94. The van der Waals surface area contributed by atoms with Crippen LogP contribution in [0.5, 0.6) is 0 Å². The van der Waals surface area contributed by atoms with E-state index in [0.29, 0.717) is 37.1 Å². The van der Waals surface area contributed by atoms with E-state index < -0.39 is 11.7 Å². The van der Waals surface area contributed by atoms with E-state index in [1.165, 1.54) is 23.2 Å². The number of halogens is 3. The van der Waals surface area contributed by atoms with Gasteiger partial charge in [-0.2, -0.15) is 13.2 Å². The number of hydrogen-bond donors (Lipinski definition) is 0. The van der Waals surface area contributed by atoms with Crippen molar-refractivity contribution in [2.24, 2.45) is 7.05 Å². The number of pyridine rings is 1. The number of anilines is 2. The lowest BCUT2D eigenvalue weighted by Gasteiger charge is -2.37. The lowest BCUT2D eigenvalue weighted by atomic mass is 10.1. The van der Waals surface area contributed by atoms with Crippen molar-refractivity contribution < 1.29 is 13.2 Å². The molecule has 3 heterocycles. The second-order valence-electron chi connectivity index (χ2n) is 6.71. The Morgan fingerprint density at radius 2 is 1.71 bits per heavy atom. The number of aromatic nitrogens is 3. The summed E-state index contributed by atoms with van der Waals surface area (Å²) < 4.78 is 41.2. The van der Waals surface area contributed by atoms with Crippen LogP contribution < -0.4 is 15.4 Å². The third-order valence-electron chi connectivity index (χ3n) is 4.94. The average molecular weight is 389 g/mol. The summed E-state index contributed by atoms with van der Waals surface area (Å²) in [5.74, 6) is -0.0293. The summed E-state index contributed by atoms with van der Waals surface area (Å²) in [6, 6.07) is 7.79. The number of alkyl halides is 3. The van der Waals surface area contributed by atoms with E-state index in [1.54, 1.807) is 18.0 Å². The maximum atomic E-state index is 13.2. The van der Waals surface area contributed by atoms with Crippen LogP contribution in [0.4, 0.5) is 24.7 Å². The van der Waals surface area contributed by atoms with Crippen LogP contribution in [0.25, 0.3) is 10.9 Å². The minimum Gasteiger partial charge on any atom is -0.368 e. The molecule has 6 nitrogen and oxygen atoms in total. The van der Waals surface area contributed by atoms with Crippen LogP contribution in [-0.2, 0) is 13.2 Å². The normalized spacial score (nSPS) is 15.3. The molecule has 2 aromatic heterocycles. The Morgan fingerprint density at radius 3 is 2.43 bits per heavy atom. The Hall–Kier alpha value is -3.10. The van der Waals surface area contributed by atoms with Crippen molar-refractivity contribution in [3.63, 3.8) is 0 Å². The van der Waals surface area contributed by atoms with Crippen molar-refractivity contribution in [2.75, 3.05) is 36.0 Å². The topological polar surface area (TPSA) is 54.3 Å². The fraction of sp³-hybridized carbons (Fsp3) is 0.316. The van der Waals surface area contributed by atoms with Gasteiger partial charge in [0.1, 0.15) is 5.82 Å². The lowest BCUT2D eigenvalue weighted by Crippen LogP contribution is -2.47. The van der Waals surface area contributed by atoms with Gasteiger partial charge in [0, 0.05) is 45.1 Å². The molecule has 4 rings (SSSR count). The van der Waals surface area contributed by atoms with Crippen molar-refractivity contribution >= 4 is 22.4 Å². The fourth-order valence-corrected chi connectivity index (χ4v) is 3.44. The highest BCUT2D eigenvalue weighted by atomic mass is 19.4. The maximum Gasteiger partial charge on any atom is 0.419 e. The zero-order valence-electron chi connectivity index (χ0n) is 15.1. The maximum absolute atomic E-state index is 13.2. The first-order valence-corrected chi connectivity index (χ1v) is 8.82. The number of piperazine rings is 1. The lowest BCUT2D eigenvalue weighted by molar-refractivity contribution is -0.137. The first-order chi connectivity index (χ1) is 13.3. The predicted molar refractivity (Wildman–Crippen MR) is 101 cm³/mol. The first-order valence-electron chi connectivity index (χ1n) is 8.82. The van der Waals surface area contributed by atoms with Gasteiger partial charge in [-0.1, -0.05) is 0 Å². The number of fused-ring (bicyclic) bond motifs is 1. The quantitative estimate of drug-likeness (QED) is 0.675. The Labute approximate surface area is 158 Å². The van der Waals surface area contributed by atoms with E-state index in [9.17, 15) is 18.0 Å². The Kier molecular flexibility index (Phi) is 4.44. The molecule has 1 aliphatic heterocycles. The van der Waals surface area contributed by atoms with Gasteiger partial charge >= 0.3 is 6.18 Å². The van der Waals surface area contributed by atoms with Gasteiger partial charge in [-0.3, -0.25) is 4.79 Å². The minimum atomic E-state index is -4.43. The Bertz CT molecular complexity index is 1070. The van der Waals surface area contributed by atoms with Crippen LogP contribution in [0, 0.1) is 0 Å². The van der Waals surface area contributed by atoms with Gasteiger partial charge in [0.15, 0.2) is 0 Å². The van der Waals surface area contributed by atoms with Gasteiger partial charge in [0.25, 0.3) is 5.56 Å². The molecule has 0 unspecified atom stereocenters. The predicted octanol–water partition coefficient (Wildman–Crippen LogP) is 2.67. The SMILES string of the molecule is Cn1cnc2cc(N3CCN(c4ncccc4C(F)(F)F)CC3)ccc2c1=O. The second kappa shape index (κ2) is 6.81. The molecule has 1 aromatic carbocycles. The van der Waals surface area contributed by atoms with Gasteiger partial charge in [0.2, 0.25) is 0 Å². The van der Waals surface area contributed by atoms with Crippen LogP contribution in [0.1, 0.15) is 5.56 Å². The molecule has 0 atom stereocenters. The molecular weight excluding hydrogens is 371 g/mol. The van der Waals surface area contributed by atoms with Crippen molar-refractivity contribution in [2.45, 2.75) is 6.18 Å². The monoisotopic (exact) mass is 389 g/mol. The van der Waals surface area contributed by atoms with Crippen LogP contribution in [0.2, 0.25) is 0 Å². The summed E-state index contributed by atoms with van der Waals surface area (Å²) in [7, 11) is 1.65. The van der Waals surface area contributed by atoms with E-state index in [2.05, 4.69) is 14.9 Å². The molecule has 1 saturated heterocycles. The molecule has 1 aliphatic rings. The first kappa shape index (κ1) is 18.3. The zero-order valence-corrected chi connectivity index (χ0v) is 15.1. The standard InChI is InChI=1S/C19H18F3N5O/c1-25-12-24-16-11-13(4-5-14(16)18(25)28)26-7-9-27(10-8-26)17-15(19(20,21)22)3-2-6-23-17/h2-6,11-12H,7-10H2,1H3. The van der Waals surface area contributed by atoms with Crippen LogP contribution in [0.3, 0.4) is 0 Å². The molecule has 0 radical (unpaired) electrons. The molecule has 28 heavy (non-hydrogen) atoms. The second-order valence-corrected chi connectivity index (χ2v) is 6.71. The largest absolute Gasteiger partial charge is 0.419 e. The molecular formula is C19H18F3N5O. The van der Waals surface area contributed by atoms with Crippen LogP contribution in [0.15, 0.2) is 47.7 Å². The van der Waals surface area contributed by atoms with Gasteiger partial charge in [-0.25, -0.2) is 9.97 Å². The van der Waals surface area contributed by atoms with E-state index in [1.807, 2.05) is 12.1 Å². The molecule has 0 bridgehead atoms. The van der Waals surface area contributed by atoms with Crippen LogP contribution >= 0.6 is 0 Å². The Balaban J connectivity index is 1.55. The number of rotatable bonds is 2. The van der Waals surface area contributed by atoms with Crippen molar-refractivity contribution in [1.82, 2.24) is 14.5 Å².